The zero-order valence-corrected chi connectivity index (χ0v) is 14.3. The predicted molar refractivity (Wildman–Crippen MR) is 90.7 cm³/mol. The Labute approximate surface area is 134 Å². The smallest absolute Gasteiger partial charge is 0.237 e. The van der Waals surface area contributed by atoms with Crippen LogP contribution in [0.25, 0.3) is 0 Å². The van der Waals surface area contributed by atoms with Gasteiger partial charge in [0.15, 0.2) is 0 Å². The van der Waals surface area contributed by atoms with Crippen LogP contribution in [0.15, 0.2) is 24.3 Å². The molecule has 0 aromatic heterocycles. The van der Waals surface area contributed by atoms with Crippen molar-refractivity contribution in [1.29, 1.82) is 0 Å². The standard InChI is InChI=1S/C18H30N2O2/c1-5-14(4)17(19)18(21)20-12-15-8-6-7-9-16(15)22-11-10-13(2)3/h6-9,13-14,17H,5,10-12,19H2,1-4H3,(H,20,21). The fraction of sp³-hybridized carbons (Fsp3) is 0.611. The van der Waals surface area contributed by atoms with Crippen LogP contribution in [0.1, 0.15) is 46.1 Å². The van der Waals surface area contributed by atoms with Crippen molar-refractivity contribution in [2.45, 2.75) is 53.1 Å². The van der Waals surface area contributed by atoms with Gasteiger partial charge in [-0.05, 0) is 24.3 Å². The van der Waals surface area contributed by atoms with Crippen molar-refractivity contribution in [2.75, 3.05) is 6.61 Å². The SMILES string of the molecule is CCC(C)C(N)C(=O)NCc1ccccc1OCCC(C)C. The van der Waals surface area contributed by atoms with Gasteiger partial charge in [-0.15, -0.1) is 0 Å². The Morgan fingerprint density at radius 2 is 1.95 bits per heavy atom. The lowest BCUT2D eigenvalue weighted by molar-refractivity contribution is -0.123. The summed E-state index contributed by atoms with van der Waals surface area (Å²) in [5.41, 5.74) is 6.93. The van der Waals surface area contributed by atoms with Crippen LogP contribution < -0.4 is 15.8 Å². The molecule has 1 rings (SSSR count). The second-order valence-corrected chi connectivity index (χ2v) is 6.27. The van der Waals surface area contributed by atoms with Gasteiger partial charge in [0.05, 0.1) is 12.6 Å². The molecule has 0 saturated carbocycles. The lowest BCUT2D eigenvalue weighted by Gasteiger charge is -2.18. The summed E-state index contributed by atoms with van der Waals surface area (Å²) in [5.74, 6) is 1.52. The summed E-state index contributed by atoms with van der Waals surface area (Å²) < 4.78 is 5.83. The maximum atomic E-state index is 12.1. The number of ether oxygens (including phenoxy) is 1. The van der Waals surface area contributed by atoms with Crippen LogP contribution >= 0.6 is 0 Å². The van der Waals surface area contributed by atoms with Gasteiger partial charge in [0.1, 0.15) is 5.75 Å². The molecule has 2 atom stereocenters. The number of para-hydroxylation sites is 1. The van der Waals surface area contributed by atoms with Crippen LogP contribution in [0.2, 0.25) is 0 Å². The molecule has 0 spiro atoms. The van der Waals surface area contributed by atoms with Crippen LogP contribution in [-0.2, 0) is 11.3 Å². The molecule has 1 aromatic rings. The first kappa shape index (κ1) is 18.5. The number of carbonyl (C=O) groups is 1. The van der Waals surface area contributed by atoms with Gasteiger partial charge in [0.25, 0.3) is 0 Å². The van der Waals surface area contributed by atoms with E-state index in [0.29, 0.717) is 19.1 Å². The average Bonchev–Trinajstić information content (AvgIpc) is 2.51. The second kappa shape index (κ2) is 9.46. The van der Waals surface area contributed by atoms with Gasteiger partial charge in [0, 0.05) is 12.1 Å². The molecule has 2 unspecified atom stereocenters. The number of nitrogens with one attached hydrogen (secondary N) is 1. The summed E-state index contributed by atoms with van der Waals surface area (Å²) in [7, 11) is 0. The van der Waals surface area contributed by atoms with Crippen molar-refractivity contribution in [3.63, 3.8) is 0 Å². The number of hydrogen-bond donors (Lipinski definition) is 2. The number of hydrogen-bond acceptors (Lipinski definition) is 3. The summed E-state index contributed by atoms with van der Waals surface area (Å²) >= 11 is 0. The van der Waals surface area contributed by atoms with Crippen molar-refractivity contribution in [2.24, 2.45) is 17.6 Å². The Bertz CT molecular complexity index is 460. The maximum Gasteiger partial charge on any atom is 0.237 e. The fourth-order valence-electron chi connectivity index (χ4n) is 2.01. The van der Waals surface area contributed by atoms with E-state index in [1.807, 2.05) is 38.1 Å². The van der Waals surface area contributed by atoms with E-state index in [1.165, 1.54) is 0 Å². The number of rotatable bonds is 9. The lowest BCUT2D eigenvalue weighted by Crippen LogP contribution is -2.44. The fourth-order valence-corrected chi connectivity index (χ4v) is 2.01. The summed E-state index contributed by atoms with van der Waals surface area (Å²) in [5, 5.41) is 2.91. The van der Waals surface area contributed by atoms with Crippen molar-refractivity contribution in [1.82, 2.24) is 5.32 Å². The molecule has 4 heteroatoms. The molecule has 1 amide bonds. The van der Waals surface area contributed by atoms with Crippen molar-refractivity contribution >= 4 is 5.91 Å². The Kier molecular flexibility index (Phi) is 7.96. The highest BCUT2D eigenvalue weighted by Gasteiger charge is 2.19. The molecule has 0 aliphatic heterocycles. The molecule has 0 radical (unpaired) electrons. The molecule has 22 heavy (non-hydrogen) atoms. The van der Waals surface area contributed by atoms with Gasteiger partial charge in [-0.2, -0.15) is 0 Å². The van der Waals surface area contributed by atoms with Gasteiger partial charge in [-0.25, -0.2) is 0 Å². The highest BCUT2D eigenvalue weighted by molar-refractivity contribution is 5.81. The van der Waals surface area contributed by atoms with Gasteiger partial charge in [0.2, 0.25) is 5.91 Å². The van der Waals surface area contributed by atoms with E-state index in [-0.39, 0.29) is 11.8 Å². The molecule has 124 valence electrons. The van der Waals surface area contributed by atoms with E-state index in [2.05, 4.69) is 19.2 Å². The van der Waals surface area contributed by atoms with E-state index in [1.54, 1.807) is 0 Å². The zero-order chi connectivity index (χ0) is 16.5. The molecule has 3 N–H and O–H groups in total. The molecule has 1 aromatic carbocycles. The first-order valence-corrected chi connectivity index (χ1v) is 8.19. The van der Waals surface area contributed by atoms with E-state index in [9.17, 15) is 4.79 Å². The largest absolute Gasteiger partial charge is 0.493 e. The first-order valence-electron chi connectivity index (χ1n) is 8.19. The third-order valence-electron chi connectivity index (χ3n) is 3.94. The second-order valence-electron chi connectivity index (χ2n) is 6.27. The number of benzene rings is 1. The predicted octanol–water partition coefficient (Wildman–Crippen LogP) is 3.10. The topological polar surface area (TPSA) is 64.4 Å². The molecule has 0 heterocycles. The molecule has 0 fully saturated rings. The molecule has 4 nitrogen and oxygen atoms in total. The van der Waals surface area contributed by atoms with E-state index in [0.717, 1.165) is 24.2 Å². The van der Waals surface area contributed by atoms with Crippen LogP contribution in [0, 0.1) is 11.8 Å². The van der Waals surface area contributed by atoms with Gasteiger partial charge in [-0.1, -0.05) is 52.3 Å². The lowest BCUT2D eigenvalue weighted by atomic mass is 9.99. The van der Waals surface area contributed by atoms with E-state index in [4.69, 9.17) is 10.5 Å². The number of amides is 1. The quantitative estimate of drug-likeness (QED) is 0.737. The Balaban J connectivity index is 2.56. The van der Waals surface area contributed by atoms with Crippen LogP contribution in [0.5, 0.6) is 5.75 Å². The van der Waals surface area contributed by atoms with Crippen molar-refractivity contribution in [3.8, 4) is 5.75 Å². The summed E-state index contributed by atoms with van der Waals surface area (Å²) in [4.78, 5) is 12.1. The Morgan fingerprint density at radius 3 is 2.59 bits per heavy atom. The molecule has 0 aliphatic carbocycles. The number of nitrogens with two attached hydrogens (primary N) is 1. The molecular formula is C18H30N2O2. The van der Waals surface area contributed by atoms with Gasteiger partial charge < -0.3 is 15.8 Å². The molecule has 0 aliphatic rings. The van der Waals surface area contributed by atoms with Gasteiger partial charge >= 0.3 is 0 Å². The highest BCUT2D eigenvalue weighted by Crippen LogP contribution is 2.18. The molecular weight excluding hydrogens is 276 g/mol. The summed E-state index contributed by atoms with van der Waals surface area (Å²) in [6, 6.07) is 7.35. The van der Waals surface area contributed by atoms with Crippen LogP contribution in [-0.4, -0.2) is 18.6 Å². The molecule has 0 bridgehead atoms. The summed E-state index contributed by atoms with van der Waals surface area (Å²) in [6.07, 6.45) is 1.91. The molecule has 0 saturated heterocycles. The number of carbonyl (C=O) groups excluding carboxylic acids is 1. The third kappa shape index (κ3) is 6.06. The average molecular weight is 306 g/mol. The van der Waals surface area contributed by atoms with Crippen molar-refractivity contribution < 1.29 is 9.53 Å². The van der Waals surface area contributed by atoms with Crippen molar-refractivity contribution in [3.05, 3.63) is 29.8 Å². The summed E-state index contributed by atoms with van der Waals surface area (Å²) in [6.45, 7) is 9.51. The minimum absolute atomic E-state index is 0.105. The van der Waals surface area contributed by atoms with Gasteiger partial charge in [-0.3, -0.25) is 4.79 Å². The Hall–Kier alpha value is -1.55. The normalized spacial score (nSPS) is 13.7. The minimum Gasteiger partial charge on any atom is -0.493 e. The zero-order valence-electron chi connectivity index (χ0n) is 14.3. The first-order chi connectivity index (χ1) is 10.5. The maximum absolute atomic E-state index is 12.1. The Morgan fingerprint density at radius 1 is 1.27 bits per heavy atom. The van der Waals surface area contributed by atoms with Crippen LogP contribution in [0.3, 0.4) is 0 Å². The minimum atomic E-state index is -0.459. The third-order valence-corrected chi connectivity index (χ3v) is 3.94. The van der Waals surface area contributed by atoms with E-state index >= 15 is 0 Å². The highest BCUT2D eigenvalue weighted by atomic mass is 16.5. The van der Waals surface area contributed by atoms with Crippen LogP contribution in [0.4, 0.5) is 0 Å². The monoisotopic (exact) mass is 306 g/mol. The van der Waals surface area contributed by atoms with E-state index < -0.39 is 6.04 Å².